The highest BCUT2D eigenvalue weighted by Gasteiger charge is 2.38. The van der Waals surface area contributed by atoms with E-state index in [-0.39, 0.29) is 35.5 Å². The number of fused-ring (bicyclic) bond motifs is 1. The van der Waals surface area contributed by atoms with Crippen LogP contribution in [0.4, 0.5) is 13.2 Å². The van der Waals surface area contributed by atoms with Crippen molar-refractivity contribution in [3.8, 4) is 11.5 Å². The van der Waals surface area contributed by atoms with E-state index >= 15 is 0 Å². The Morgan fingerprint density at radius 2 is 1.63 bits per heavy atom. The fourth-order valence-electron chi connectivity index (χ4n) is 2.79. The number of amides is 2. The van der Waals surface area contributed by atoms with Gasteiger partial charge in [-0.1, -0.05) is 23.3 Å². The number of imide groups is 1. The van der Waals surface area contributed by atoms with Crippen LogP contribution in [0.5, 0.6) is 11.5 Å². The Morgan fingerprint density at radius 1 is 1.00 bits per heavy atom. The van der Waals surface area contributed by atoms with Gasteiger partial charge >= 0.3 is 12.1 Å². The highest BCUT2D eigenvalue weighted by atomic mass is 19.4. The SMILES string of the molecule is COc1cc(CCC(=O)ON2C(=O)c3ccccc3C2=O)ccc1OCC(F)(F)F. The summed E-state index contributed by atoms with van der Waals surface area (Å²) >= 11 is 0. The molecule has 0 bridgehead atoms. The summed E-state index contributed by atoms with van der Waals surface area (Å²) in [6.07, 6.45) is -4.53. The van der Waals surface area contributed by atoms with Crippen molar-refractivity contribution in [2.45, 2.75) is 19.0 Å². The molecule has 1 heterocycles. The summed E-state index contributed by atoms with van der Waals surface area (Å²) < 4.78 is 46.6. The number of carbonyl (C=O) groups is 3. The standard InChI is InChI=1S/C20H16F3NO6/c1-28-16-10-12(6-8-15(16)29-11-20(21,22)23)7-9-17(25)30-24-18(26)13-4-2-3-5-14(13)19(24)27/h2-6,8,10H,7,9,11H2,1H3. The third-order valence-electron chi connectivity index (χ3n) is 4.19. The van der Waals surface area contributed by atoms with Gasteiger partial charge in [0.2, 0.25) is 0 Å². The van der Waals surface area contributed by atoms with Crippen LogP contribution in [0.3, 0.4) is 0 Å². The van der Waals surface area contributed by atoms with Crippen molar-refractivity contribution in [3.63, 3.8) is 0 Å². The van der Waals surface area contributed by atoms with E-state index in [4.69, 9.17) is 14.3 Å². The largest absolute Gasteiger partial charge is 0.493 e. The van der Waals surface area contributed by atoms with Crippen LogP contribution in [0.25, 0.3) is 0 Å². The van der Waals surface area contributed by atoms with Crippen LogP contribution in [0, 0.1) is 0 Å². The molecule has 1 aliphatic rings. The Hall–Kier alpha value is -3.56. The highest BCUT2D eigenvalue weighted by Crippen LogP contribution is 2.30. The summed E-state index contributed by atoms with van der Waals surface area (Å²) in [5, 5.41) is 0.418. The molecule has 0 aliphatic carbocycles. The van der Waals surface area contributed by atoms with Gasteiger partial charge in [-0.25, -0.2) is 4.79 Å². The van der Waals surface area contributed by atoms with E-state index in [1.807, 2.05) is 0 Å². The minimum atomic E-state index is -4.49. The number of nitrogens with zero attached hydrogens (tertiary/aromatic N) is 1. The molecule has 10 heteroatoms. The van der Waals surface area contributed by atoms with Crippen molar-refractivity contribution in [1.82, 2.24) is 5.06 Å². The van der Waals surface area contributed by atoms with Gasteiger partial charge in [0.1, 0.15) is 0 Å². The van der Waals surface area contributed by atoms with Crippen LogP contribution < -0.4 is 9.47 Å². The van der Waals surface area contributed by atoms with Crippen molar-refractivity contribution >= 4 is 17.8 Å². The predicted molar refractivity (Wildman–Crippen MR) is 95.9 cm³/mol. The van der Waals surface area contributed by atoms with Crippen LogP contribution in [-0.2, 0) is 16.1 Å². The van der Waals surface area contributed by atoms with Gasteiger partial charge in [-0.05, 0) is 36.2 Å². The smallest absolute Gasteiger partial charge is 0.422 e. The summed E-state index contributed by atoms with van der Waals surface area (Å²) in [6.45, 7) is -1.46. The topological polar surface area (TPSA) is 82.1 Å². The van der Waals surface area contributed by atoms with Crippen molar-refractivity contribution in [2.24, 2.45) is 0 Å². The molecule has 0 N–H and O–H groups in total. The molecule has 2 amide bonds. The molecule has 7 nitrogen and oxygen atoms in total. The summed E-state index contributed by atoms with van der Waals surface area (Å²) in [7, 11) is 1.27. The summed E-state index contributed by atoms with van der Waals surface area (Å²) in [6, 6.07) is 10.3. The molecule has 0 fully saturated rings. The number of halogens is 3. The number of benzene rings is 2. The van der Waals surface area contributed by atoms with Crippen LogP contribution in [-0.4, -0.2) is 42.7 Å². The molecule has 0 aromatic heterocycles. The van der Waals surface area contributed by atoms with Gasteiger partial charge in [0.15, 0.2) is 18.1 Å². The Morgan fingerprint density at radius 3 is 2.20 bits per heavy atom. The zero-order valence-electron chi connectivity index (χ0n) is 15.7. The molecule has 0 saturated heterocycles. The van der Waals surface area contributed by atoms with E-state index in [2.05, 4.69) is 0 Å². The lowest BCUT2D eigenvalue weighted by Gasteiger charge is -2.14. The van der Waals surface area contributed by atoms with Gasteiger partial charge in [0.05, 0.1) is 24.7 Å². The maximum atomic E-state index is 12.3. The predicted octanol–water partition coefficient (Wildman–Crippen LogP) is 3.32. The normalized spacial score (nSPS) is 13.3. The second kappa shape index (κ2) is 8.44. The average Bonchev–Trinajstić information content (AvgIpc) is 2.95. The van der Waals surface area contributed by atoms with Gasteiger partial charge in [-0.15, -0.1) is 0 Å². The molecule has 0 atom stereocenters. The first-order valence-electron chi connectivity index (χ1n) is 8.74. The zero-order chi connectivity index (χ0) is 21.9. The number of methoxy groups -OCH3 is 1. The van der Waals surface area contributed by atoms with Gasteiger partial charge in [-0.2, -0.15) is 13.2 Å². The van der Waals surface area contributed by atoms with E-state index in [1.165, 1.54) is 37.4 Å². The van der Waals surface area contributed by atoms with Gasteiger partial charge in [-0.3, -0.25) is 9.59 Å². The molecule has 0 unspecified atom stereocenters. The Bertz CT molecular complexity index is 954. The summed E-state index contributed by atoms with van der Waals surface area (Å²) in [4.78, 5) is 41.4. The molecule has 30 heavy (non-hydrogen) atoms. The molecule has 1 aliphatic heterocycles. The fraction of sp³-hybridized carbons (Fsp3) is 0.250. The lowest BCUT2D eigenvalue weighted by Crippen LogP contribution is -2.32. The van der Waals surface area contributed by atoms with Crippen molar-refractivity contribution in [1.29, 1.82) is 0 Å². The molecule has 0 spiro atoms. The minimum absolute atomic E-state index is 0.0745. The number of aryl methyl sites for hydroxylation is 1. The van der Waals surface area contributed by atoms with Crippen LogP contribution in [0.15, 0.2) is 42.5 Å². The number of hydrogen-bond acceptors (Lipinski definition) is 6. The van der Waals surface area contributed by atoms with Crippen LogP contribution in [0.2, 0.25) is 0 Å². The third kappa shape index (κ3) is 4.70. The maximum absolute atomic E-state index is 12.3. The van der Waals surface area contributed by atoms with Crippen LogP contribution in [0.1, 0.15) is 32.7 Å². The zero-order valence-corrected chi connectivity index (χ0v) is 15.7. The van der Waals surface area contributed by atoms with Gasteiger partial charge < -0.3 is 14.3 Å². The highest BCUT2D eigenvalue weighted by molar-refractivity contribution is 6.20. The Labute approximate surface area is 168 Å². The molecular weight excluding hydrogens is 407 g/mol. The third-order valence-corrected chi connectivity index (χ3v) is 4.19. The lowest BCUT2D eigenvalue weighted by atomic mass is 10.1. The maximum Gasteiger partial charge on any atom is 0.422 e. The number of alkyl halides is 3. The van der Waals surface area contributed by atoms with E-state index in [0.29, 0.717) is 10.6 Å². The average molecular weight is 423 g/mol. The lowest BCUT2D eigenvalue weighted by molar-refractivity contribution is -0.168. The first kappa shape index (κ1) is 21.2. The molecule has 158 valence electrons. The Kier molecular flexibility index (Phi) is 5.95. The van der Waals surface area contributed by atoms with E-state index in [1.54, 1.807) is 12.1 Å². The second-order valence-corrected chi connectivity index (χ2v) is 6.30. The number of hydroxylamine groups is 2. The Balaban J connectivity index is 1.59. The number of ether oxygens (including phenoxy) is 2. The monoisotopic (exact) mass is 423 g/mol. The molecule has 0 radical (unpaired) electrons. The quantitative estimate of drug-likeness (QED) is 0.636. The number of carbonyl (C=O) groups excluding carboxylic acids is 3. The summed E-state index contributed by atoms with van der Waals surface area (Å²) in [5.41, 5.74) is 0.856. The van der Waals surface area contributed by atoms with Crippen molar-refractivity contribution in [2.75, 3.05) is 13.7 Å². The number of hydrogen-bond donors (Lipinski definition) is 0. The minimum Gasteiger partial charge on any atom is -0.493 e. The first-order chi connectivity index (χ1) is 14.2. The summed E-state index contributed by atoms with van der Waals surface area (Å²) in [5.74, 6) is -2.29. The van der Waals surface area contributed by atoms with Crippen LogP contribution >= 0.6 is 0 Å². The van der Waals surface area contributed by atoms with Gasteiger partial charge in [0.25, 0.3) is 11.8 Å². The van der Waals surface area contributed by atoms with Crippen molar-refractivity contribution < 1.29 is 41.9 Å². The van der Waals surface area contributed by atoms with E-state index in [0.717, 1.165) is 0 Å². The first-order valence-corrected chi connectivity index (χ1v) is 8.74. The van der Waals surface area contributed by atoms with Crippen molar-refractivity contribution in [3.05, 3.63) is 59.2 Å². The number of rotatable bonds is 7. The van der Waals surface area contributed by atoms with E-state index < -0.39 is 30.6 Å². The second-order valence-electron chi connectivity index (χ2n) is 6.30. The molecule has 2 aromatic rings. The molecule has 2 aromatic carbocycles. The van der Waals surface area contributed by atoms with Gasteiger partial charge in [0, 0.05) is 0 Å². The molecule has 3 rings (SSSR count). The fourth-order valence-corrected chi connectivity index (χ4v) is 2.79. The molecular formula is C20H16F3NO6. The molecule has 0 saturated carbocycles. The van der Waals surface area contributed by atoms with E-state index in [9.17, 15) is 27.6 Å².